The Balaban J connectivity index is 1.67. The average Bonchev–Trinajstić information content (AvgIpc) is 3.17. The highest BCUT2D eigenvalue weighted by Crippen LogP contribution is 2.17. The lowest BCUT2D eigenvalue weighted by molar-refractivity contribution is -0.181. The Morgan fingerprint density at radius 3 is 2.70 bits per heavy atom. The molecule has 0 radical (unpaired) electrons. The zero-order chi connectivity index (χ0) is 16.2. The summed E-state index contributed by atoms with van der Waals surface area (Å²) in [6.45, 7) is 2.89. The van der Waals surface area contributed by atoms with Crippen LogP contribution in [0.1, 0.15) is 24.6 Å². The largest absolute Gasteiger partial charge is 0.347 e. The van der Waals surface area contributed by atoms with Gasteiger partial charge in [0.05, 0.1) is 13.0 Å². The van der Waals surface area contributed by atoms with E-state index in [-0.39, 0.29) is 24.2 Å². The molecule has 5 nitrogen and oxygen atoms in total. The lowest BCUT2D eigenvalue weighted by Crippen LogP contribution is -2.36. The molecular weight excluding hydrogens is 292 g/mol. The van der Waals surface area contributed by atoms with Crippen molar-refractivity contribution in [2.45, 2.75) is 26.3 Å². The maximum Gasteiger partial charge on any atom is 0.256 e. The fourth-order valence-electron chi connectivity index (χ4n) is 2.75. The summed E-state index contributed by atoms with van der Waals surface area (Å²) in [5.74, 6) is -0.817. The third-order valence-corrected chi connectivity index (χ3v) is 4.02. The van der Waals surface area contributed by atoms with E-state index in [4.69, 9.17) is 4.84 Å². The zero-order valence-electron chi connectivity index (χ0n) is 13.1. The second-order valence-corrected chi connectivity index (χ2v) is 5.83. The fraction of sp³-hybridized carbons (Fsp3) is 0.333. The van der Waals surface area contributed by atoms with Crippen molar-refractivity contribution in [3.05, 3.63) is 59.9 Å². The Bertz CT molecular complexity index is 693. The number of aromatic nitrogens is 1. The van der Waals surface area contributed by atoms with Gasteiger partial charge in [0.15, 0.2) is 0 Å². The monoisotopic (exact) mass is 312 g/mol. The van der Waals surface area contributed by atoms with E-state index in [1.54, 1.807) is 0 Å². The van der Waals surface area contributed by atoms with Crippen LogP contribution in [0.25, 0.3) is 0 Å². The van der Waals surface area contributed by atoms with Gasteiger partial charge in [-0.2, -0.15) is 5.06 Å². The Morgan fingerprint density at radius 1 is 1.22 bits per heavy atom. The molecule has 0 spiro atoms. The van der Waals surface area contributed by atoms with Crippen molar-refractivity contribution in [3.63, 3.8) is 0 Å². The van der Waals surface area contributed by atoms with Gasteiger partial charge in [-0.05, 0) is 24.1 Å². The van der Waals surface area contributed by atoms with Crippen LogP contribution in [0.5, 0.6) is 0 Å². The van der Waals surface area contributed by atoms with E-state index in [0.29, 0.717) is 13.0 Å². The van der Waals surface area contributed by atoms with Crippen LogP contribution in [-0.4, -0.2) is 28.1 Å². The first-order chi connectivity index (χ1) is 11.1. The molecule has 3 rings (SSSR count). The van der Waals surface area contributed by atoms with Crippen molar-refractivity contribution < 1.29 is 14.4 Å². The molecule has 1 saturated heterocycles. The summed E-state index contributed by atoms with van der Waals surface area (Å²) in [4.78, 5) is 29.0. The predicted molar refractivity (Wildman–Crippen MR) is 85.3 cm³/mol. The molecule has 1 aromatic carbocycles. The van der Waals surface area contributed by atoms with Gasteiger partial charge in [0.2, 0.25) is 0 Å². The van der Waals surface area contributed by atoms with E-state index in [2.05, 4.69) is 16.7 Å². The lowest BCUT2D eigenvalue weighted by Gasteiger charge is -2.18. The molecule has 1 aliphatic heterocycles. The number of hydroxylamine groups is 2. The molecule has 2 amide bonds. The van der Waals surface area contributed by atoms with Crippen LogP contribution in [0.4, 0.5) is 0 Å². The third kappa shape index (κ3) is 3.51. The number of carbonyl (C=O) groups excluding carboxylic acids is 2. The summed E-state index contributed by atoms with van der Waals surface area (Å²) in [6, 6.07) is 14.2. The summed E-state index contributed by atoms with van der Waals surface area (Å²) in [6.07, 6.45) is 2.87. The Morgan fingerprint density at radius 2 is 2.00 bits per heavy atom. The van der Waals surface area contributed by atoms with Gasteiger partial charge in [-0.25, -0.2) is 0 Å². The van der Waals surface area contributed by atoms with Gasteiger partial charge >= 0.3 is 0 Å². The minimum atomic E-state index is -0.304. The van der Waals surface area contributed by atoms with Gasteiger partial charge in [-0.1, -0.05) is 37.3 Å². The van der Waals surface area contributed by atoms with E-state index in [0.717, 1.165) is 17.3 Å². The molecule has 2 aromatic rings. The van der Waals surface area contributed by atoms with E-state index in [9.17, 15) is 9.59 Å². The number of hydrogen-bond acceptors (Lipinski definition) is 3. The molecule has 0 aliphatic carbocycles. The minimum absolute atomic E-state index is 0.249. The highest BCUT2D eigenvalue weighted by atomic mass is 16.7. The highest BCUT2D eigenvalue weighted by Gasteiger charge is 2.31. The second-order valence-electron chi connectivity index (χ2n) is 5.83. The minimum Gasteiger partial charge on any atom is -0.347 e. The maximum absolute atomic E-state index is 12.3. The Hall–Kier alpha value is -2.40. The Labute approximate surface area is 135 Å². The van der Waals surface area contributed by atoms with Crippen molar-refractivity contribution in [2.24, 2.45) is 5.92 Å². The average molecular weight is 312 g/mol. The molecular formula is C18H20N2O3. The fourth-order valence-corrected chi connectivity index (χ4v) is 2.75. The van der Waals surface area contributed by atoms with Crippen molar-refractivity contribution in [1.82, 2.24) is 9.63 Å². The van der Waals surface area contributed by atoms with Gasteiger partial charge in [0, 0.05) is 24.4 Å². The molecule has 23 heavy (non-hydrogen) atoms. The third-order valence-electron chi connectivity index (χ3n) is 4.02. The molecule has 0 bridgehead atoms. The number of rotatable bonds is 5. The molecule has 0 unspecified atom stereocenters. The van der Waals surface area contributed by atoms with Crippen LogP contribution in [0.2, 0.25) is 0 Å². The summed E-state index contributed by atoms with van der Waals surface area (Å²) in [5, 5.41) is 0.926. The van der Waals surface area contributed by atoms with E-state index in [1.165, 1.54) is 5.56 Å². The van der Waals surface area contributed by atoms with Crippen molar-refractivity contribution >= 4 is 11.8 Å². The smallest absolute Gasteiger partial charge is 0.256 e. The normalized spacial score (nSPS) is 15.9. The summed E-state index contributed by atoms with van der Waals surface area (Å²) < 4.78 is 2.13. The van der Waals surface area contributed by atoms with E-state index < -0.39 is 0 Å². The number of benzene rings is 1. The van der Waals surface area contributed by atoms with Crippen molar-refractivity contribution in [1.29, 1.82) is 0 Å². The van der Waals surface area contributed by atoms with Crippen LogP contribution in [-0.2, 0) is 27.4 Å². The molecule has 0 N–H and O–H groups in total. The number of hydrogen-bond donors (Lipinski definition) is 0. The molecule has 5 heteroatoms. The predicted octanol–water partition coefficient (Wildman–Crippen LogP) is 2.41. The molecule has 1 fully saturated rings. The molecule has 2 heterocycles. The second kappa shape index (κ2) is 6.79. The van der Waals surface area contributed by atoms with Gasteiger partial charge in [-0.15, -0.1) is 0 Å². The van der Waals surface area contributed by atoms with Crippen LogP contribution >= 0.6 is 0 Å². The lowest BCUT2D eigenvalue weighted by atomic mass is 10.0. The summed E-state index contributed by atoms with van der Waals surface area (Å²) in [5.41, 5.74) is 2.28. The van der Waals surface area contributed by atoms with Gasteiger partial charge in [0.1, 0.15) is 0 Å². The van der Waals surface area contributed by atoms with Gasteiger partial charge < -0.3 is 4.57 Å². The van der Waals surface area contributed by atoms with Crippen LogP contribution < -0.4 is 0 Å². The highest BCUT2D eigenvalue weighted by molar-refractivity contribution is 5.95. The molecule has 0 saturated carbocycles. The summed E-state index contributed by atoms with van der Waals surface area (Å²) >= 11 is 0. The zero-order valence-corrected chi connectivity index (χ0v) is 13.1. The maximum atomic E-state index is 12.3. The first-order valence-electron chi connectivity index (χ1n) is 7.83. The van der Waals surface area contributed by atoms with Gasteiger partial charge in [-0.3, -0.25) is 14.4 Å². The topological polar surface area (TPSA) is 51.5 Å². The Kier molecular flexibility index (Phi) is 4.57. The van der Waals surface area contributed by atoms with E-state index >= 15 is 0 Å². The van der Waals surface area contributed by atoms with Crippen LogP contribution in [0, 0.1) is 5.92 Å². The van der Waals surface area contributed by atoms with Crippen molar-refractivity contribution in [3.8, 4) is 0 Å². The first kappa shape index (κ1) is 15.5. The van der Waals surface area contributed by atoms with E-state index in [1.807, 2.05) is 43.5 Å². The van der Waals surface area contributed by atoms with Crippen molar-refractivity contribution in [2.75, 3.05) is 6.61 Å². The molecule has 1 aliphatic rings. The number of imide groups is 1. The van der Waals surface area contributed by atoms with Crippen LogP contribution in [0.3, 0.4) is 0 Å². The van der Waals surface area contributed by atoms with Gasteiger partial charge in [0.25, 0.3) is 11.8 Å². The SMILES string of the molecule is C[C@H](Cc1cccn1Cc1ccccc1)C(=O)N1OCCC1=O. The number of carbonyl (C=O) groups is 2. The molecule has 1 atom stereocenters. The quantitative estimate of drug-likeness (QED) is 0.852. The first-order valence-corrected chi connectivity index (χ1v) is 7.83. The molecule has 120 valence electrons. The number of amides is 2. The van der Waals surface area contributed by atoms with Crippen LogP contribution in [0.15, 0.2) is 48.7 Å². The molecule has 1 aromatic heterocycles. The summed E-state index contributed by atoms with van der Waals surface area (Å²) in [7, 11) is 0. The number of nitrogens with zero attached hydrogens (tertiary/aromatic N) is 2. The standard InChI is InChI=1S/C18H20N2O3/c1-14(18(22)20-17(21)9-11-23-20)12-16-8-5-10-19(16)13-15-6-3-2-4-7-15/h2-8,10,14H,9,11-13H2,1H3/t14-/m1/s1.